The molecule has 1 aromatic heterocycles. The van der Waals surface area contributed by atoms with Crippen molar-refractivity contribution in [2.24, 2.45) is 0 Å². The molecule has 6 heteroatoms. The maximum absolute atomic E-state index is 5.94. The summed E-state index contributed by atoms with van der Waals surface area (Å²) in [7, 11) is 0. The van der Waals surface area contributed by atoms with Crippen molar-refractivity contribution in [2.45, 2.75) is 12.7 Å². The van der Waals surface area contributed by atoms with Gasteiger partial charge in [0, 0.05) is 39.1 Å². The van der Waals surface area contributed by atoms with Gasteiger partial charge >= 0.3 is 0 Å². The van der Waals surface area contributed by atoms with Gasteiger partial charge in [-0.25, -0.2) is 4.98 Å². The van der Waals surface area contributed by atoms with E-state index in [0.717, 1.165) is 58.2 Å². The molecule has 0 saturated carbocycles. The first-order chi connectivity index (χ1) is 9.81. The molecule has 0 spiro atoms. The minimum Gasteiger partial charge on any atom is -0.354 e. The second-order valence-electron chi connectivity index (χ2n) is 5.11. The predicted octanol–water partition coefficient (Wildman–Crippen LogP) is 1.62. The molecule has 0 N–H and O–H groups in total. The van der Waals surface area contributed by atoms with Crippen LogP contribution in [0.3, 0.4) is 0 Å². The van der Waals surface area contributed by atoms with E-state index < -0.39 is 0 Å². The number of piperazine rings is 1. The summed E-state index contributed by atoms with van der Waals surface area (Å²) in [4.78, 5) is 9.10. The first-order valence-electron chi connectivity index (χ1n) is 7.14. The standard InChI is InChI=1S/C14H20ClN3O2/c15-12-2-1-3-13(16-12)18-8-6-17(7-9-18)5-4-14-19-10-11-20-14/h1-3,14H,4-11H2. The minimum absolute atomic E-state index is 0.00243. The summed E-state index contributed by atoms with van der Waals surface area (Å²) in [5.74, 6) is 0.972. The summed E-state index contributed by atoms with van der Waals surface area (Å²) in [5, 5.41) is 0.556. The number of anilines is 1. The quantitative estimate of drug-likeness (QED) is 0.790. The third-order valence-corrected chi connectivity index (χ3v) is 3.98. The predicted molar refractivity (Wildman–Crippen MR) is 78.2 cm³/mol. The average molecular weight is 298 g/mol. The molecule has 0 aliphatic carbocycles. The van der Waals surface area contributed by atoms with Crippen LogP contribution in [0, 0.1) is 0 Å². The van der Waals surface area contributed by atoms with E-state index in [2.05, 4.69) is 14.8 Å². The number of aromatic nitrogens is 1. The maximum Gasteiger partial charge on any atom is 0.159 e. The summed E-state index contributed by atoms with van der Waals surface area (Å²) in [6.07, 6.45) is 0.956. The molecule has 2 fully saturated rings. The molecule has 2 aliphatic heterocycles. The van der Waals surface area contributed by atoms with Crippen LogP contribution in [-0.4, -0.2) is 62.1 Å². The maximum atomic E-state index is 5.94. The molecule has 110 valence electrons. The van der Waals surface area contributed by atoms with E-state index in [1.54, 1.807) is 0 Å². The lowest BCUT2D eigenvalue weighted by molar-refractivity contribution is -0.0516. The molecule has 3 rings (SSSR count). The zero-order chi connectivity index (χ0) is 13.8. The van der Waals surface area contributed by atoms with E-state index in [9.17, 15) is 0 Å². The third kappa shape index (κ3) is 3.61. The first kappa shape index (κ1) is 14.1. The van der Waals surface area contributed by atoms with Gasteiger partial charge in [0.2, 0.25) is 0 Å². The van der Waals surface area contributed by atoms with Crippen LogP contribution in [0.2, 0.25) is 5.15 Å². The van der Waals surface area contributed by atoms with E-state index in [4.69, 9.17) is 21.1 Å². The summed E-state index contributed by atoms with van der Waals surface area (Å²) < 4.78 is 10.9. The SMILES string of the molecule is Clc1cccc(N2CCN(CCC3OCCO3)CC2)n1. The lowest BCUT2D eigenvalue weighted by Crippen LogP contribution is -2.47. The molecule has 0 aromatic carbocycles. The van der Waals surface area contributed by atoms with Gasteiger partial charge in [-0.15, -0.1) is 0 Å². The summed E-state index contributed by atoms with van der Waals surface area (Å²) in [5.41, 5.74) is 0. The van der Waals surface area contributed by atoms with Gasteiger partial charge in [0.25, 0.3) is 0 Å². The highest BCUT2D eigenvalue weighted by Gasteiger charge is 2.21. The summed E-state index contributed by atoms with van der Waals surface area (Å²) in [6.45, 7) is 6.56. The summed E-state index contributed by atoms with van der Waals surface area (Å²) >= 11 is 5.94. The van der Waals surface area contributed by atoms with E-state index in [1.165, 1.54) is 0 Å². The topological polar surface area (TPSA) is 37.8 Å². The van der Waals surface area contributed by atoms with Gasteiger partial charge in [0.15, 0.2) is 6.29 Å². The Bertz CT molecular complexity index is 432. The van der Waals surface area contributed by atoms with Gasteiger partial charge in [-0.1, -0.05) is 17.7 Å². The molecule has 0 unspecified atom stereocenters. The van der Waals surface area contributed by atoms with Crippen LogP contribution in [0.15, 0.2) is 18.2 Å². The highest BCUT2D eigenvalue weighted by molar-refractivity contribution is 6.29. The van der Waals surface area contributed by atoms with Crippen LogP contribution in [0.25, 0.3) is 0 Å². The van der Waals surface area contributed by atoms with Gasteiger partial charge in [0.05, 0.1) is 13.2 Å². The van der Waals surface area contributed by atoms with Crippen LogP contribution >= 0.6 is 11.6 Å². The largest absolute Gasteiger partial charge is 0.354 e. The van der Waals surface area contributed by atoms with E-state index >= 15 is 0 Å². The number of nitrogens with zero attached hydrogens (tertiary/aromatic N) is 3. The van der Waals surface area contributed by atoms with E-state index in [0.29, 0.717) is 5.15 Å². The molecule has 0 bridgehead atoms. The molecule has 5 nitrogen and oxygen atoms in total. The Kier molecular flexibility index (Phi) is 4.73. The van der Waals surface area contributed by atoms with Crippen molar-refractivity contribution < 1.29 is 9.47 Å². The van der Waals surface area contributed by atoms with Crippen molar-refractivity contribution in [2.75, 3.05) is 50.8 Å². The van der Waals surface area contributed by atoms with Crippen molar-refractivity contribution in [3.8, 4) is 0 Å². The first-order valence-corrected chi connectivity index (χ1v) is 7.52. The summed E-state index contributed by atoms with van der Waals surface area (Å²) in [6, 6.07) is 5.77. The monoisotopic (exact) mass is 297 g/mol. The number of halogens is 1. The Morgan fingerprint density at radius 3 is 2.60 bits per heavy atom. The minimum atomic E-state index is 0.00243. The smallest absolute Gasteiger partial charge is 0.159 e. The Hall–Kier alpha value is -0.880. The number of rotatable bonds is 4. The zero-order valence-corrected chi connectivity index (χ0v) is 12.3. The Balaban J connectivity index is 1.44. The van der Waals surface area contributed by atoms with Gasteiger partial charge in [-0.2, -0.15) is 0 Å². The molecular weight excluding hydrogens is 278 g/mol. The van der Waals surface area contributed by atoms with Crippen molar-refractivity contribution in [1.82, 2.24) is 9.88 Å². The molecule has 1 aromatic rings. The lowest BCUT2D eigenvalue weighted by Gasteiger charge is -2.35. The molecule has 0 radical (unpaired) electrons. The molecular formula is C14H20ClN3O2. The van der Waals surface area contributed by atoms with E-state index in [-0.39, 0.29) is 6.29 Å². The van der Waals surface area contributed by atoms with Crippen LogP contribution in [0.1, 0.15) is 6.42 Å². The van der Waals surface area contributed by atoms with Crippen LogP contribution in [0.5, 0.6) is 0 Å². The second-order valence-corrected chi connectivity index (χ2v) is 5.49. The normalized spacial score (nSPS) is 21.6. The van der Waals surface area contributed by atoms with Crippen LogP contribution in [-0.2, 0) is 9.47 Å². The molecule has 0 atom stereocenters. The van der Waals surface area contributed by atoms with Crippen LogP contribution < -0.4 is 4.90 Å². The van der Waals surface area contributed by atoms with Gasteiger partial charge < -0.3 is 14.4 Å². The fraction of sp³-hybridized carbons (Fsp3) is 0.643. The van der Waals surface area contributed by atoms with E-state index in [1.807, 2.05) is 18.2 Å². The fourth-order valence-corrected chi connectivity index (χ4v) is 2.80. The number of ether oxygens (including phenoxy) is 2. The number of hydrogen-bond donors (Lipinski definition) is 0. The van der Waals surface area contributed by atoms with Gasteiger partial charge in [-0.3, -0.25) is 4.90 Å². The van der Waals surface area contributed by atoms with Gasteiger partial charge in [-0.05, 0) is 12.1 Å². The van der Waals surface area contributed by atoms with Crippen LogP contribution in [0.4, 0.5) is 5.82 Å². The number of hydrogen-bond acceptors (Lipinski definition) is 5. The third-order valence-electron chi connectivity index (χ3n) is 3.77. The number of pyridine rings is 1. The highest BCUT2D eigenvalue weighted by Crippen LogP contribution is 2.17. The van der Waals surface area contributed by atoms with Crippen molar-refractivity contribution in [1.29, 1.82) is 0 Å². The molecule has 2 saturated heterocycles. The fourth-order valence-electron chi connectivity index (χ4n) is 2.64. The van der Waals surface area contributed by atoms with Crippen molar-refractivity contribution >= 4 is 17.4 Å². The van der Waals surface area contributed by atoms with Gasteiger partial charge in [0.1, 0.15) is 11.0 Å². The molecule has 2 aliphatic rings. The Morgan fingerprint density at radius 1 is 1.15 bits per heavy atom. The van der Waals surface area contributed by atoms with Crippen molar-refractivity contribution in [3.05, 3.63) is 23.4 Å². The Labute approximate surface area is 124 Å². The zero-order valence-electron chi connectivity index (χ0n) is 11.5. The average Bonchev–Trinajstić information content (AvgIpc) is 2.99. The molecule has 3 heterocycles. The molecule has 0 amide bonds. The lowest BCUT2D eigenvalue weighted by atomic mass is 10.2. The second kappa shape index (κ2) is 6.72. The van der Waals surface area contributed by atoms with Crippen molar-refractivity contribution in [3.63, 3.8) is 0 Å². The highest BCUT2D eigenvalue weighted by atomic mass is 35.5. The Morgan fingerprint density at radius 2 is 1.90 bits per heavy atom. The molecule has 20 heavy (non-hydrogen) atoms.